The van der Waals surface area contributed by atoms with Crippen LogP contribution in [0, 0.1) is 5.82 Å². The van der Waals surface area contributed by atoms with Crippen molar-refractivity contribution < 1.29 is 4.39 Å². The van der Waals surface area contributed by atoms with E-state index in [0.29, 0.717) is 0 Å². The number of nitrogens with zero attached hydrogens (tertiary/aromatic N) is 1. The Labute approximate surface area is 84.3 Å². The summed E-state index contributed by atoms with van der Waals surface area (Å²) < 4.78 is 13.1. The summed E-state index contributed by atoms with van der Waals surface area (Å²) in [5.74, 6) is -0.220. The van der Waals surface area contributed by atoms with Crippen molar-refractivity contribution in [3.05, 3.63) is 29.8 Å². The Morgan fingerprint density at radius 2 is 2.21 bits per heavy atom. The lowest BCUT2D eigenvalue weighted by Gasteiger charge is -2.17. The van der Waals surface area contributed by atoms with Crippen molar-refractivity contribution in [3.8, 4) is 0 Å². The van der Waals surface area contributed by atoms with Gasteiger partial charge in [0.1, 0.15) is 5.82 Å². The minimum absolute atomic E-state index is 0.163. The maximum Gasteiger partial charge on any atom is 0.144 e. The first-order valence-electron chi connectivity index (χ1n) is 4.86. The Balaban J connectivity index is 2.43. The second-order valence-corrected chi connectivity index (χ2v) is 4.31. The first-order chi connectivity index (χ1) is 6.49. The van der Waals surface area contributed by atoms with Gasteiger partial charge in [0.15, 0.2) is 0 Å². The number of halogens is 1. The molecule has 1 heterocycles. The summed E-state index contributed by atoms with van der Waals surface area (Å²) in [6.07, 6.45) is 5.41. The van der Waals surface area contributed by atoms with Crippen LogP contribution in [0.1, 0.15) is 32.3 Å². The van der Waals surface area contributed by atoms with Crippen molar-refractivity contribution in [3.63, 3.8) is 0 Å². The lowest BCUT2D eigenvalue weighted by molar-refractivity contribution is 0.456. The van der Waals surface area contributed by atoms with E-state index in [0.717, 1.165) is 24.8 Å². The van der Waals surface area contributed by atoms with Gasteiger partial charge in [-0.15, -0.1) is 0 Å². The predicted molar refractivity (Wildman–Crippen MR) is 55.4 cm³/mol. The van der Waals surface area contributed by atoms with Gasteiger partial charge < -0.3 is 5.73 Å². The smallest absolute Gasteiger partial charge is 0.144 e. The highest BCUT2D eigenvalue weighted by atomic mass is 19.1. The van der Waals surface area contributed by atoms with E-state index in [4.69, 9.17) is 5.73 Å². The number of hydrogen-bond acceptors (Lipinski definition) is 2. The molecule has 0 amide bonds. The van der Waals surface area contributed by atoms with Crippen molar-refractivity contribution in [2.45, 2.75) is 38.6 Å². The Bertz CT molecular complexity index is 292. The average Bonchev–Trinajstić information content (AvgIpc) is 2.06. The first kappa shape index (κ1) is 11.1. The molecule has 1 rings (SSSR count). The van der Waals surface area contributed by atoms with E-state index >= 15 is 0 Å². The second-order valence-electron chi connectivity index (χ2n) is 4.31. The average molecular weight is 196 g/mol. The maximum absolute atomic E-state index is 13.1. The summed E-state index contributed by atoms with van der Waals surface area (Å²) in [5.41, 5.74) is 6.39. The molecule has 1 aromatic heterocycles. The Hall–Kier alpha value is -0.960. The van der Waals surface area contributed by atoms with Crippen LogP contribution in [0.15, 0.2) is 18.5 Å². The van der Waals surface area contributed by atoms with E-state index < -0.39 is 0 Å². The molecule has 78 valence electrons. The Morgan fingerprint density at radius 3 is 2.79 bits per heavy atom. The SMILES string of the molecule is CC(C)(N)CCCc1ccncc1F. The Morgan fingerprint density at radius 1 is 1.50 bits per heavy atom. The van der Waals surface area contributed by atoms with Crippen LogP contribution in [0.5, 0.6) is 0 Å². The van der Waals surface area contributed by atoms with Crippen LogP contribution in [0.4, 0.5) is 4.39 Å². The fourth-order valence-corrected chi connectivity index (χ4v) is 1.34. The molecular weight excluding hydrogens is 179 g/mol. The van der Waals surface area contributed by atoms with E-state index in [1.54, 1.807) is 12.3 Å². The molecule has 2 nitrogen and oxygen atoms in total. The topological polar surface area (TPSA) is 38.9 Å². The van der Waals surface area contributed by atoms with E-state index in [1.165, 1.54) is 6.20 Å². The van der Waals surface area contributed by atoms with E-state index in [1.807, 2.05) is 13.8 Å². The zero-order valence-corrected chi connectivity index (χ0v) is 8.76. The molecule has 0 fully saturated rings. The molecular formula is C11H17FN2. The third-order valence-electron chi connectivity index (χ3n) is 2.12. The lowest BCUT2D eigenvalue weighted by Crippen LogP contribution is -2.31. The molecule has 0 aliphatic rings. The van der Waals surface area contributed by atoms with Crippen LogP contribution in [0.3, 0.4) is 0 Å². The van der Waals surface area contributed by atoms with Crippen molar-refractivity contribution in [1.82, 2.24) is 4.98 Å². The van der Waals surface area contributed by atoms with Gasteiger partial charge in [-0.25, -0.2) is 4.39 Å². The number of aromatic nitrogens is 1. The molecule has 2 N–H and O–H groups in total. The molecule has 0 aliphatic carbocycles. The highest BCUT2D eigenvalue weighted by Gasteiger charge is 2.10. The van der Waals surface area contributed by atoms with Gasteiger partial charge in [0.2, 0.25) is 0 Å². The zero-order chi connectivity index (χ0) is 10.6. The highest BCUT2D eigenvalue weighted by molar-refractivity contribution is 5.12. The molecule has 3 heteroatoms. The summed E-state index contributed by atoms with van der Waals surface area (Å²) >= 11 is 0. The highest BCUT2D eigenvalue weighted by Crippen LogP contribution is 2.13. The zero-order valence-electron chi connectivity index (χ0n) is 8.76. The standard InChI is InChI=1S/C11H17FN2/c1-11(2,13)6-3-4-9-5-7-14-8-10(9)12/h5,7-8H,3-4,6,13H2,1-2H3. The van der Waals surface area contributed by atoms with Crippen LogP contribution in [0.2, 0.25) is 0 Å². The van der Waals surface area contributed by atoms with Crippen LogP contribution in [-0.2, 0) is 6.42 Å². The van der Waals surface area contributed by atoms with Gasteiger partial charge in [0.05, 0.1) is 6.20 Å². The third kappa shape index (κ3) is 3.83. The molecule has 0 aliphatic heterocycles. The van der Waals surface area contributed by atoms with Crippen molar-refractivity contribution in [2.75, 3.05) is 0 Å². The molecule has 0 atom stereocenters. The van der Waals surface area contributed by atoms with Crippen LogP contribution >= 0.6 is 0 Å². The summed E-state index contributed by atoms with van der Waals surface area (Å²) in [6.45, 7) is 3.96. The molecule has 0 saturated heterocycles. The van der Waals surface area contributed by atoms with Crippen molar-refractivity contribution in [2.24, 2.45) is 5.73 Å². The molecule has 0 saturated carbocycles. The third-order valence-corrected chi connectivity index (χ3v) is 2.12. The van der Waals surface area contributed by atoms with Gasteiger partial charge in [-0.1, -0.05) is 0 Å². The quantitative estimate of drug-likeness (QED) is 0.802. The molecule has 0 aromatic carbocycles. The minimum Gasteiger partial charge on any atom is -0.326 e. The molecule has 0 spiro atoms. The van der Waals surface area contributed by atoms with Gasteiger partial charge in [0, 0.05) is 11.7 Å². The largest absolute Gasteiger partial charge is 0.326 e. The minimum atomic E-state index is -0.220. The van der Waals surface area contributed by atoms with Gasteiger partial charge in [0.25, 0.3) is 0 Å². The number of nitrogens with two attached hydrogens (primary N) is 1. The van der Waals surface area contributed by atoms with Gasteiger partial charge in [-0.3, -0.25) is 4.98 Å². The predicted octanol–water partition coefficient (Wildman–Crippen LogP) is 2.28. The van der Waals surface area contributed by atoms with Crippen LogP contribution < -0.4 is 5.73 Å². The fraction of sp³-hybridized carbons (Fsp3) is 0.545. The normalized spacial score (nSPS) is 11.7. The Kier molecular flexibility index (Phi) is 3.58. The van der Waals surface area contributed by atoms with Gasteiger partial charge in [-0.2, -0.15) is 0 Å². The lowest BCUT2D eigenvalue weighted by atomic mass is 9.97. The van der Waals surface area contributed by atoms with E-state index in [9.17, 15) is 4.39 Å². The summed E-state index contributed by atoms with van der Waals surface area (Å²) in [7, 11) is 0. The first-order valence-corrected chi connectivity index (χ1v) is 4.86. The summed E-state index contributed by atoms with van der Waals surface area (Å²) in [6, 6.07) is 1.72. The number of rotatable bonds is 4. The summed E-state index contributed by atoms with van der Waals surface area (Å²) in [5, 5.41) is 0. The monoisotopic (exact) mass is 196 g/mol. The number of aryl methyl sites for hydroxylation is 1. The molecule has 0 radical (unpaired) electrons. The number of hydrogen-bond donors (Lipinski definition) is 1. The summed E-state index contributed by atoms with van der Waals surface area (Å²) in [4.78, 5) is 3.70. The molecule has 0 bridgehead atoms. The van der Waals surface area contributed by atoms with E-state index in [2.05, 4.69) is 4.98 Å². The molecule has 1 aromatic rings. The van der Waals surface area contributed by atoms with E-state index in [-0.39, 0.29) is 11.4 Å². The van der Waals surface area contributed by atoms with Gasteiger partial charge in [-0.05, 0) is 44.7 Å². The fourth-order valence-electron chi connectivity index (χ4n) is 1.34. The second kappa shape index (κ2) is 4.51. The number of pyridine rings is 1. The van der Waals surface area contributed by atoms with Crippen LogP contribution in [-0.4, -0.2) is 10.5 Å². The van der Waals surface area contributed by atoms with Crippen LogP contribution in [0.25, 0.3) is 0 Å². The van der Waals surface area contributed by atoms with Gasteiger partial charge >= 0.3 is 0 Å². The molecule has 14 heavy (non-hydrogen) atoms. The van der Waals surface area contributed by atoms with Crippen molar-refractivity contribution >= 4 is 0 Å². The maximum atomic E-state index is 13.1. The molecule has 0 unspecified atom stereocenters. The van der Waals surface area contributed by atoms with Crippen molar-refractivity contribution in [1.29, 1.82) is 0 Å².